The number of benzene rings is 1. The molecule has 1 aromatic carbocycles. The van der Waals surface area contributed by atoms with Crippen molar-refractivity contribution >= 4 is 11.8 Å². The second-order valence-corrected chi connectivity index (χ2v) is 6.90. The van der Waals surface area contributed by atoms with E-state index in [2.05, 4.69) is 0 Å². The first-order chi connectivity index (χ1) is 12.5. The van der Waals surface area contributed by atoms with Gasteiger partial charge < -0.3 is 14.4 Å². The van der Waals surface area contributed by atoms with Crippen molar-refractivity contribution in [2.45, 2.75) is 33.2 Å². The monoisotopic (exact) mass is 360 g/mol. The van der Waals surface area contributed by atoms with Gasteiger partial charge in [-0.1, -0.05) is 19.9 Å². The van der Waals surface area contributed by atoms with E-state index in [1.165, 1.54) is 0 Å². The molecule has 2 heterocycles. The molecule has 2 aliphatic rings. The number of hydroxylamine groups is 1. The Morgan fingerprint density at radius 3 is 2.65 bits per heavy atom. The first kappa shape index (κ1) is 18.4. The second kappa shape index (κ2) is 7.88. The summed E-state index contributed by atoms with van der Waals surface area (Å²) in [5.41, 5.74) is 2.72. The van der Waals surface area contributed by atoms with Gasteiger partial charge >= 0.3 is 0 Å². The zero-order valence-electron chi connectivity index (χ0n) is 15.0. The Morgan fingerprint density at radius 2 is 2.00 bits per heavy atom. The minimum absolute atomic E-state index is 0.0468. The van der Waals surface area contributed by atoms with E-state index in [0.29, 0.717) is 36.8 Å². The Bertz CT molecular complexity index is 723. The summed E-state index contributed by atoms with van der Waals surface area (Å²) in [6.45, 7) is 5.56. The van der Waals surface area contributed by atoms with Crippen LogP contribution in [0.3, 0.4) is 0 Å². The quantitative estimate of drug-likeness (QED) is 0.639. The Hall–Kier alpha value is -2.38. The first-order valence-corrected chi connectivity index (χ1v) is 8.84. The molecule has 0 atom stereocenters. The molecule has 26 heavy (non-hydrogen) atoms. The van der Waals surface area contributed by atoms with Crippen LogP contribution in [0.2, 0.25) is 0 Å². The number of fused-ring (bicyclic) bond motifs is 1. The van der Waals surface area contributed by atoms with Crippen LogP contribution in [0.25, 0.3) is 0 Å². The fraction of sp³-hybridized carbons (Fsp3) is 0.474. The van der Waals surface area contributed by atoms with E-state index in [1.54, 1.807) is 34.8 Å². The molecule has 3 rings (SSSR count). The molecule has 1 aromatic rings. The molecule has 0 aliphatic carbocycles. The molecule has 0 radical (unpaired) electrons. The number of ether oxygens (including phenoxy) is 2. The molecule has 2 aliphatic heterocycles. The van der Waals surface area contributed by atoms with Crippen LogP contribution in [0.1, 0.15) is 42.6 Å². The lowest BCUT2D eigenvalue weighted by molar-refractivity contribution is -0.136. The molecule has 1 saturated heterocycles. The van der Waals surface area contributed by atoms with Gasteiger partial charge in [0.1, 0.15) is 11.5 Å². The lowest BCUT2D eigenvalue weighted by atomic mass is 9.98. The van der Waals surface area contributed by atoms with Gasteiger partial charge in [-0.3, -0.25) is 14.8 Å². The van der Waals surface area contributed by atoms with Gasteiger partial charge in [0.15, 0.2) is 0 Å². The number of amides is 2. The van der Waals surface area contributed by atoms with E-state index >= 15 is 0 Å². The molecule has 0 bridgehead atoms. The van der Waals surface area contributed by atoms with Gasteiger partial charge in [-0.25, -0.2) is 5.48 Å². The van der Waals surface area contributed by atoms with Crippen molar-refractivity contribution in [3.8, 4) is 5.75 Å². The van der Waals surface area contributed by atoms with Gasteiger partial charge in [-0.05, 0) is 25.0 Å². The summed E-state index contributed by atoms with van der Waals surface area (Å²) in [7, 11) is 0. The number of nitrogens with one attached hydrogen (secondary N) is 1. The van der Waals surface area contributed by atoms with Crippen LogP contribution in [-0.4, -0.2) is 35.1 Å². The van der Waals surface area contributed by atoms with Crippen LogP contribution in [0.5, 0.6) is 5.75 Å². The fourth-order valence-electron chi connectivity index (χ4n) is 3.11. The molecule has 2 amide bonds. The summed E-state index contributed by atoms with van der Waals surface area (Å²) >= 11 is 0. The zero-order chi connectivity index (χ0) is 18.7. The Labute approximate surface area is 152 Å². The molecule has 140 valence electrons. The van der Waals surface area contributed by atoms with Crippen LogP contribution >= 0.6 is 0 Å². The standard InChI is InChI=1S/C19H24N2O5/c1-12(2)17-11-21(19(23)13-5-7-25-8-6-13)10-15-4-3-14(18(22)20-24)9-16(15)26-17/h3-4,9,11-13,24H,5-8,10H2,1-2H3,(H,20,22). The number of allylic oxidation sites excluding steroid dienone is 1. The Morgan fingerprint density at radius 1 is 1.27 bits per heavy atom. The molecule has 0 aromatic heterocycles. The average Bonchev–Trinajstić information content (AvgIpc) is 2.86. The predicted octanol–water partition coefficient (Wildman–Crippen LogP) is 2.45. The third-order valence-electron chi connectivity index (χ3n) is 4.71. The maximum Gasteiger partial charge on any atom is 0.274 e. The predicted molar refractivity (Wildman–Crippen MR) is 93.3 cm³/mol. The fourth-order valence-corrected chi connectivity index (χ4v) is 3.11. The maximum atomic E-state index is 13.0. The first-order valence-electron chi connectivity index (χ1n) is 8.84. The highest BCUT2D eigenvalue weighted by Gasteiger charge is 2.29. The summed E-state index contributed by atoms with van der Waals surface area (Å²) in [5.74, 6) is 0.667. The van der Waals surface area contributed by atoms with Gasteiger partial charge in [0.2, 0.25) is 5.91 Å². The van der Waals surface area contributed by atoms with E-state index in [1.807, 2.05) is 13.8 Å². The van der Waals surface area contributed by atoms with Crippen LogP contribution in [0.4, 0.5) is 0 Å². The molecule has 7 heteroatoms. The summed E-state index contributed by atoms with van der Waals surface area (Å²) in [4.78, 5) is 26.4. The number of rotatable bonds is 3. The van der Waals surface area contributed by atoms with Crippen molar-refractivity contribution < 1.29 is 24.3 Å². The number of nitrogens with zero attached hydrogens (tertiary/aromatic N) is 1. The third kappa shape index (κ3) is 3.89. The van der Waals surface area contributed by atoms with Crippen molar-refractivity contribution in [1.82, 2.24) is 10.4 Å². The SMILES string of the molecule is CC(C)C1=CN(C(=O)C2CCOCC2)Cc2ccc(C(=O)NO)cc2O1. The van der Waals surface area contributed by atoms with Crippen LogP contribution < -0.4 is 10.2 Å². The number of carbonyl (C=O) groups is 2. The number of hydrogen-bond acceptors (Lipinski definition) is 5. The van der Waals surface area contributed by atoms with Crippen LogP contribution in [0, 0.1) is 11.8 Å². The van der Waals surface area contributed by atoms with Crippen molar-refractivity contribution in [3.05, 3.63) is 41.3 Å². The van der Waals surface area contributed by atoms with Crippen molar-refractivity contribution in [2.24, 2.45) is 11.8 Å². The van der Waals surface area contributed by atoms with Crippen LogP contribution in [-0.2, 0) is 16.1 Å². The van der Waals surface area contributed by atoms with Gasteiger partial charge in [-0.2, -0.15) is 0 Å². The smallest absolute Gasteiger partial charge is 0.274 e. The van der Waals surface area contributed by atoms with E-state index in [4.69, 9.17) is 14.7 Å². The minimum Gasteiger partial charge on any atom is -0.460 e. The Balaban J connectivity index is 1.91. The van der Waals surface area contributed by atoms with Crippen LogP contribution in [0.15, 0.2) is 30.2 Å². The third-order valence-corrected chi connectivity index (χ3v) is 4.71. The lowest BCUT2D eigenvalue weighted by Crippen LogP contribution is -2.35. The van der Waals surface area contributed by atoms with E-state index in [9.17, 15) is 9.59 Å². The summed E-state index contributed by atoms with van der Waals surface area (Å²) in [6.07, 6.45) is 3.22. The lowest BCUT2D eigenvalue weighted by Gasteiger charge is -2.26. The summed E-state index contributed by atoms with van der Waals surface area (Å²) in [6, 6.07) is 4.94. The molecule has 1 fully saturated rings. The van der Waals surface area contributed by atoms with E-state index in [0.717, 1.165) is 18.4 Å². The van der Waals surface area contributed by atoms with Gasteiger partial charge in [0.25, 0.3) is 5.91 Å². The minimum atomic E-state index is -0.606. The molecule has 7 nitrogen and oxygen atoms in total. The maximum absolute atomic E-state index is 13.0. The van der Waals surface area contributed by atoms with E-state index in [-0.39, 0.29) is 17.7 Å². The second-order valence-electron chi connectivity index (χ2n) is 6.90. The van der Waals surface area contributed by atoms with Gasteiger partial charge in [0, 0.05) is 42.4 Å². The highest BCUT2D eigenvalue weighted by atomic mass is 16.5. The molecular weight excluding hydrogens is 336 g/mol. The largest absolute Gasteiger partial charge is 0.460 e. The molecule has 0 saturated carbocycles. The van der Waals surface area contributed by atoms with Gasteiger partial charge in [0.05, 0.1) is 6.54 Å². The molecular formula is C19H24N2O5. The van der Waals surface area contributed by atoms with Crippen molar-refractivity contribution in [1.29, 1.82) is 0 Å². The summed E-state index contributed by atoms with van der Waals surface area (Å²) < 4.78 is 11.4. The summed E-state index contributed by atoms with van der Waals surface area (Å²) in [5, 5.41) is 8.83. The van der Waals surface area contributed by atoms with Crippen molar-refractivity contribution in [2.75, 3.05) is 13.2 Å². The Kier molecular flexibility index (Phi) is 5.58. The molecule has 2 N–H and O–H groups in total. The number of hydrogen-bond donors (Lipinski definition) is 2. The normalized spacial score (nSPS) is 17.8. The highest BCUT2D eigenvalue weighted by molar-refractivity contribution is 5.94. The van der Waals surface area contributed by atoms with Gasteiger partial charge in [-0.15, -0.1) is 0 Å². The van der Waals surface area contributed by atoms with E-state index < -0.39 is 5.91 Å². The molecule has 0 spiro atoms. The molecule has 0 unspecified atom stereocenters. The number of carbonyl (C=O) groups excluding carboxylic acids is 2. The highest BCUT2D eigenvalue weighted by Crippen LogP contribution is 2.31. The topological polar surface area (TPSA) is 88.1 Å². The van der Waals surface area contributed by atoms with Crippen molar-refractivity contribution in [3.63, 3.8) is 0 Å². The average molecular weight is 360 g/mol. The zero-order valence-corrected chi connectivity index (χ0v) is 15.0.